The molecule has 1 unspecified atom stereocenters. The molecule has 1 aromatic heterocycles. The molecule has 0 aliphatic carbocycles. The van der Waals surface area contributed by atoms with Crippen molar-refractivity contribution < 1.29 is 9.90 Å². The molecule has 5 nitrogen and oxygen atoms in total. The first-order chi connectivity index (χ1) is 8.40. The summed E-state index contributed by atoms with van der Waals surface area (Å²) < 4.78 is 0. The minimum Gasteiger partial charge on any atom is -0.481 e. The van der Waals surface area contributed by atoms with Crippen LogP contribution in [0.3, 0.4) is 0 Å². The second-order valence-electron chi connectivity index (χ2n) is 4.42. The van der Waals surface area contributed by atoms with Crippen LogP contribution in [0.5, 0.6) is 0 Å². The number of nitrogens with zero attached hydrogens (tertiary/aromatic N) is 2. The first kappa shape index (κ1) is 15.0. The van der Waals surface area contributed by atoms with Gasteiger partial charge in [0.15, 0.2) is 10.3 Å². The summed E-state index contributed by atoms with van der Waals surface area (Å²) in [6.45, 7) is 4.23. The number of hydrogen-bond donors (Lipinski definition) is 2. The van der Waals surface area contributed by atoms with Gasteiger partial charge in [-0.05, 0) is 12.3 Å². The highest BCUT2D eigenvalue weighted by Crippen LogP contribution is 2.22. The van der Waals surface area contributed by atoms with E-state index < -0.39 is 11.9 Å². The average molecular weight is 292 g/mol. The Morgan fingerprint density at radius 1 is 1.44 bits per heavy atom. The van der Waals surface area contributed by atoms with Gasteiger partial charge >= 0.3 is 5.97 Å². The number of nitrogens with one attached hydrogen (secondary N) is 1. The van der Waals surface area contributed by atoms with Gasteiger partial charge in [-0.15, -0.1) is 10.2 Å². The number of rotatable bonds is 6. The number of carboxylic acids is 1. The summed E-state index contributed by atoms with van der Waals surface area (Å²) in [6.07, 6.45) is 0.589. The molecular weight excluding hydrogens is 277 g/mol. The summed E-state index contributed by atoms with van der Waals surface area (Å²) in [4.78, 5) is 11.1. The van der Waals surface area contributed by atoms with Gasteiger partial charge in [0.25, 0.3) is 0 Å². The molecule has 1 rings (SSSR count). The Hall–Kier alpha value is -1.07. The van der Waals surface area contributed by atoms with Gasteiger partial charge in [-0.1, -0.05) is 37.0 Å². The number of carboxylic acid groups (broad SMARTS) is 1. The molecule has 0 aromatic carbocycles. The van der Waals surface area contributed by atoms with Crippen molar-refractivity contribution in [1.29, 1.82) is 0 Å². The molecule has 0 bridgehead atoms. The first-order valence-corrected chi connectivity index (χ1v) is 6.31. The first-order valence-electron chi connectivity index (χ1n) is 5.55. The molecule has 2 N–H and O–H groups in total. The third-order valence-electron chi connectivity index (χ3n) is 2.36. The van der Waals surface area contributed by atoms with Gasteiger partial charge in [0.1, 0.15) is 0 Å². The zero-order valence-electron chi connectivity index (χ0n) is 10.2. The van der Waals surface area contributed by atoms with Crippen molar-refractivity contribution in [2.75, 3.05) is 11.9 Å². The van der Waals surface area contributed by atoms with E-state index in [9.17, 15) is 4.79 Å². The Balaban J connectivity index is 2.66. The van der Waals surface area contributed by atoms with Crippen LogP contribution in [-0.4, -0.2) is 27.8 Å². The zero-order valence-corrected chi connectivity index (χ0v) is 11.7. The average Bonchev–Trinajstić information content (AvgIpc) is 2.27. The highest BCUT2D eigenvalue weighted by atomic mass is 35.5. The molecule has 0 aliphatic rings. The van der Waals surface area contributed by atoms with Crippen molar-refractivity contribution in [2.24, 2.45) is 11.8 Å². The van der Waals surface area contributed by atoms with Crippen LogP contribution in [0.1, 0.15) is 20.3 Å². The molecule has 0 aliphatic heterocycles. The fourth-order valence-corrected chi connectivity index (χ4v) is 1.86. The maximum Gasteiger partial charge on any atom is 0.308 e. The van der Waals surface area contributed by atoms with E-state index in [0.717, 1.165) is 0 Å². The van der Waals surface area contributed by atoms with Gasteiger partial charge in [-0.3, -0.25) is 4.79 Å². The van der Waals surface area contributed by atoms with Crippen molar-refractivity contribution in [2.45, 2.75) is 20.3 Å². The predicted molar refractivity (Wildman–Crippen MR) is 71.1 cm³/mol. The number of halogens is 2. The van der Waals surface area contributed by atoms with Crippen LogP contribution in [0.4, 0.5) is 5.69 Å². The summed E-state index contributed by atoms with van der Waals surface area (Å²) in [5.74, 6) is -1.00. The summed E-state index contributed by atoms with van der Waals surface area (Å²) in [7, 11) is 0. The largest absolute Gasteiger partial charge is 0.481 e. The van der Waals surface area contributed by atoms with Gasteiger partial charge in [0, 0.05) is 12.6 Å². The molecule has 7 heteroatoms. The Morgan fingerprint density at radius 2 is 2.11 bits per heavy atom. The van der Waals surface area contributed by atoms with Crippen LogP contribution in [0.2, 0.25) is 10.3 Å². The number of anilines is 1. The van der Waals surface area contributed by atoms with Crippen LogP contribution in [0.25, 0.3) is 0 Å². The van der Waals surface area contributed by atoms with E-state index in [4.69, 9.17) is 28.3 Å². The lowest BCUT2D eigenvalue weighted by Crippen LogP contribution is -2.24. The third kappa shape index (κ3) is 4.66. The molecule has 100 valence electrons. The van der Waals surface area contributed by atoms with E-state index in [-0.39, 0.29) is 16.9 Å². The van der Waals surface area contributed by atoms with Crippen LogP contribution in [0.15, 0.2) is 6.07 Å². The lowest BCUT2D eigenvalue weighted by atomic mass is 9.97. The van der Waals surface area contributed by atoms with Gasteiger partial charge in [0.05, 0.1) is 11.6 Å². The Bertz CT molecular complexity index is 427. The van der Waals surface area contributed by atoms with Crippen molar-refractivity contribution >= 4 is 34.9 Å². The smallest absolute Gasteiger partial charge is 0.308 e. The second-order valence-corrected chi connectivity index (χ2v) is 5.16. The Morgan fingerprint density at radius 3 is 2.67 bits per heavy atom. The standard InChI is InChI=1S/C11H15Cl2N3O2/c1-6(2)3-7(11(17)18)5-14-8-4-9(12)15-16-10(8)13/h4,6-7H,3,5H2,1-2H3,(H,14,15)(H,17,18). The molecule has 1 aromatic rings. The predicted octanol–water partition coefficient (Wildman–Crippen LogP) is 2.94. The minimum absolute atomic E-state index is 0.174. The molecule has 0 radical (unpaired) electrons. The molecule has 0 saturated carbocycles. The van der Waals surface area contributed by atoms with Crippen LogP contribution >= 0.6 is 23.2 Å². The van der Waals surface area contributed by atoms with E-state index in [0.29, 0.717) is 18.0 Å². The highest BCUT2D eigenvalue weighted by molar-refractivity contribution is 6.33. The van der Waals surface area contributed by atoms with Crippen LogP contribution in [0, 0.1) is 11.8 Å². The maximum atomic E-state index is 11.1. The van der Waals surface area contributed by atoms with E-state index in [2.05, 4.69) is 15.5 Å². The summed E-state index contributed by atoms with van der Waals surface area (Å²) in [6, 6.07) is 1.52. The second kappa shape index (κ2) is 6.75. The molecule has 0 fully saturated rings. The van der Waals surface area contributed by atoms with Crippen molar-refractivity contribution in [3.8, 4) is 0 Å². The summed E-state index contributed by atoms with van der Waals surface area (Å²) >= 11 is 11.5. The van der Waals surface area contributed by atoms with E-state index in [1.807, 2.05) is 13.8 Å². The minimum atomic E-state index is -0.833. The van der Waals surface area contributed by atoms with Gasteiger partial charge in [0.2, 0.25) is 0 Å². The Kier molecular flexibility index (Phi) is 5.62. The molecule has 0 spiro atoms. The molecule has 18 heavy (non-hydrogen) atoms. The van der Waals surface area contributed by atoms with Crippen LogP contribution < -0.4 is 5.32 Å². The molecule has 1 heterocycles. The molecule has 1 atom stereocenters. The quantitative estimate of drug-likeness (QED) is 0.843. The fraction of sp³-hybridized carbons (Fsp3) is 0.545. The maximum absolute atomic E-state index is 11.1. The number of aromatic nitrogens is 2. The summed E-state index contributed by atoms with van der Waals surface area (Å²) in [5, 5.41) is 19.6. The van der Waals surface area contributed by atoms with Crippen molar-refractivity contribution in [3.05, 3.63) is 16.4 Å². The summed E-state index contributed by atoms with van der Waals surface area (Å²) in [5.41, 5.74) is 0.492. The monoisotopic (exact) mass is 291 g/mol. The lowest BCUT2D eigenvalue weighted by molar-refractivity contribution is -0.141. The molecule has 0 saturated heterocycles. The molecule has 0 amide bonds. The van der Waals surface area contributed by atoms with E-state index in [1.54, 1.807) is 0 Å². The van der Waals surface area contributed by atoms with Gasteiger partial charge in [-0.2, -0.15) is 0 Å². The SMILES string of the molecule is CC(C)CC(CNc1cc(Cl)nnc1Cl)C(=O)O. The fourth-order valence-electron chi connectivity index (χ4n) is 1.55. The van der Waals surface area contributed by atoms with Crippen molar-refractivity contribution in [1.82, 2.24) is 10.2 Å². The molecular formula is C11H15Cl2N3O2. The number of hydrogen-bond acceptors (Lipinski definition) is 4. The third-order valence-corrected chi connectivity index (χ3v) is 2.83. The number of aliphatic carboxylic acids is 1. The lowest BCUT2D eigenvalue weighted by Gasteiger charge is -2.16. The Labute approximate surface area is 116 Å². The van der Waals surface area contributed by atoms with Gasteiger partial charge < -0.3 is 10.4 Å². The highest BCUT2D eigenvalue weighted by Gasteiger charge is 2.19. The van der Waals surface area contributed by atoms with Gasteiger partial charge in [-0.25, -0.2) is 0 Å². The number of carbonyl (C=O) groups is 1. The topological polar surface area (TPSA) is 75.1 Å². The van der Waals surface area contributed by atoms with E-state index in [1.165, 1.54) is 6.07 Å². The van der Waals surface area contributed by atoms with E-state index >= 15 is 0 Å². The van der Waals surface area contributed by atoms with Crippen LogP contribution in [-0.2, 0) is 4.79 Å². The van der Waals surface area contributed by atoms with Crippen molar-refractivity contribution in [3.63, 3.8) is 0 Å². The zero-order chi connectivity index (χ0) is 13.7. The normalized spacial score (nSPS) is 12.5.